The lowest BCUT2D eigenvalue weighted by Gasteiger charge is -2.26. The maximum atomic E-state index is 5.58. The summed E-state index contributed by atoms with van der Waals surface area (Å²) >= 11 is 0. The largest absolute Gasteiger partial charge is 0.379 e. The molecule has 0 amide bonds. The van der Waals surface area contributed by atoms with Crippen molar-refractivity contribution in [3.05, 3.63) is 0 Å². The maximum absolute atomic E-state index is 5.58. The number of hydrogen-bond acceptors (Lipinski definition) is 5. The maximum Gasteiger partial charge on any atom is 0.269 e. The fraction of sp³-hybridized carbons (Fsp3) is 1.00. The smallest absolute Gasteiger partial charge is 0.269 e. The van der Waals surface area contributed by atoms with E-state index in [9.17, 15) is 0 Å². The molecule has 1 saturated heterocycles. The Hall–Kier alpha value is 0.0169. The summed E-state index contributed by atoms with van der Waals surface area (Å²) in [6.45, 7) is 4.15. The Kier molecular flexibility index (Phi) is 6.48. The lowest BCUT2D eigenvalue weighted by atomic mass is 10.5. The van der Waals surface area contributed by atoms with Gasteiger partial charge in [0.15, 0.2) is 9.76 Å². The first kappa shape index (κ1) is 14.1. The monoisotopic (exact) mass is 250 g/mol. The second-order valence-electron chi connectivity index (χ2n) is 3.86. The minimum Gasteiger partial charge on any atom is -0.379 e. The second kappa shape index (κ2) is 7.36. The van der Waals surface area contributed by atoms with E-state index in [2.05, 4.69) is 0 Å². The molecule has 1 heterocycles. The van der Waals surface area contributed by atoms with Gasteiger partial charge in [-0.25, -0.2) is 0 Å². The Morgan fingerprint density at radius 2 is 2.06 bits per heavy atom. The first-order chi connectivity index (χ1) is 7.70. The molecule has 0 aliphatic carbocycles. The zero-order valence-electron chi connectivity index (χ0n) is 10.4. The molecule has 0 saturated carbocycles. The van der Waals surface area contributed by atoms with Gasteiger partial charge in [-0.05, 0) is 12.5 Å². The van der Waals surface area contributed by atoms with Gasteiger partial charge >= 0.3 is 0 Å². The van der Waals surface area contributed by atoms with Crippen LogP contribution in [0.5, 0.6) is 0 Å². The number of ether oxygens (including phenoxy) is 4. The van der Waals surface area contributed by atoms with E-state index in [-0.39, 0.29) is 0 Å². The van der Waals surface area contributed by atoms with Crippen LogP contribution in [0.4, 0.5) is 0 Å². The SMILES string of the molecule is COC(C)(OC)O[SiH2]CCCOCC1CO1. The summed E-state index contributed by atoms with van der Waals surface area (Å²) in [6, 6.07) is 1.06. The Morgan fingerprint density at radius 1 is 1.38 bits per heavy atom. The molecule has 1 rings (SSSR count). The zero-order chi connectivity index (χ0) is 11.9. The third-order valence-corrected chi connectivity index (χ3v) is 4.01. The third kappa shape index (κ3) is 5.93. The van der Waals surface area contributed by atoms with Crippen LogP contribution in [-0.4, -0.2) is 55.9 Å². The molecule has 1 aliphatic heterocycles. The van der Waals surface area contributed by atoms with Gasteiger partial charge in [-0.2, -0.15) is 0 Å². The molecule has 1 unspecified atom stereocenters. The molecule has 0 aromatic carbocycles. The summed E-state index contributed by atoms with van der Waals surface area (Å²) in [5, 5.41) is 0. The van der Waals surface area contributed by atoms with Crippen molar-refractivity contribution < 1.29 is 23.4 Å². The van der Waals surface area contributed by atoms with Crippen molar-refractivity contribution in [3.8, 4) is 0 Å². The van der Waals surface area contributed by atoms with Crippen molar-refractivity contribution in [2.24, 2.45) is 0 Å². The van der Waals surface area contributed by atoms with Crippen LogP contribution >= 0.6 is 0 Å². The molecule has 0 bridgehead atoms. The van der Waals surface area contributed by atoms with Gasteiger partial charge in [-0.1, -0.05) is 0 Å². The normalized spacial score (nSPS) is 20.8. The van der Waals surface area contributed by atoms with E-state index in [4.69, 9.17) is 23.4 Å². The highest BCUT2D eigenvalue weighted by Gasteiger charge is 2.23. The van der Waals surface area contributed by atoms with Crippen LogP contribution in [0.1, 0.15) is 13.3 Å². The van der Waals surface area contributed by atoms with E-state index >= 15 is 0 Å². The molecule has 0 aromatic rings. The standard InChI is InChI=1S/C10H22O5Si/c1-10(11-2,12-3)15-16-6-4-5-13-7-9-8-14-9/h9H,4-8,16H2,1-3H3. The molecule has 1 atom stereocenters. The van der Waals surface area contributed by atoms with Crippen LogP contribution in [0, 0.1) is 0 Å². The van der Waals surface area contributed by atoms with Gasteiger partial charge in [0.25, 0.3) is 5.97 Å². The zero-order valence-corrected chi connectivity index (χ0v) is 11.8. The van der Waals surface area contributed by atoms with Crippen molar-refractivity contribution in [1.29, 1.82) is 0 Å². The number of epoxide rings is 1. The Bertz CT molecular complexity index is 182. The Labute approximate surface area is 99.3 Å². The molecule has 0 aromatic heterocycles. The van der Waals surface area contributed by atoms with Crippen LogP contribution < -0.4 is 0 Å². The highest BCUT2D eigenvalue weighted by atomic mass is 28.2. The molecule has 0 radical (unpaired) electrons. The molecule has 0 N–H and O–H groups in total. The van der Waals surface area contributed by atoms with Crippen LogP contribution in [0.15, 0.2) is 0 Å². The first-order valence-corrected chi connectivity index (χ1v) is 7.21. The predicted octanol–water partition coefficient (Wildman–Crippen LogP) is 0.277. The second-order valence-corrected chi connectivity index (χ2v) is 5.26. The highest BCUT2D eigenvalue weighted by molar-refractivity contribution is 6.27. The van der Waals surface area contributed by atoms with Gasteiger partial charge in [0.05, 0.1) is 13.2 Å². The van der Waals surface area contributed by atoms with Crippen LogP contribution in [0.2, 0.25) is 6.04 Å². The number of rotatable bonds is 10. The van der Waals surface area contributed by atoms with Crippen molar-refractivity contribution in [3.63, 3.8) is 0 Å². The van der Waals surface area contributed by atoms with E-state index in [1.54, 1.807) is 21.1 Å². The van der Waals surface area contributed by atoms with E-state index in [0.717, 1.165) is 32.3 Å². The summed E-state index contributed by atoms with van der Waals surface area (Å²) in [5.41, 5.74) is 0. The van der Waals surface area contributed by atoms with Gasteiger partial charge in [0.2, 0.25) is 0 Å². The molecule has 16 heavy (non-hydrogen) atoms. The van der Waals surface area contributed by atoms with E-state index < -0.39 is 15.7 Å². The first-order valence-electron chi connectivity index (χ1n) is 5.64. The summed E-state index contributed by atoms with van der Waals surface area (Å²) in [4.78, 5) is 0. The number of methoxy groups -OCH3 is 2. The van der Waals surface area contributed by atoms with Crippen molar-refractivity contribution in [2.75, 3.05) is 34.0 Å². The van der Waals surface area contributed by atoms with Crippen LogP contribution in [0.25, 0.3) is 0 Å². The minimum atomic E-state index is -0.866. The lowest BCUT2D eigenvalue weighted by Crippen LogP contribution is -2.34. The molecule has 1 fully saturated rings. The predicted molar refractivity (Wildman–Crippen MR) is 62.0 cm³/mol. The van der Waals surface area contributed by atoms with E-state index in [0.29, 0.717) is 6.10 Å². The van der Waals surface area contributed by atoms with Gasteiger partial charge in [0.1, 0.15) is 6.10 Å². The molecule has 0 spiro atoms. The van der Waals surface area contributed by atoms with Gasteiger partial charge in [0, 0.05) is 27.8 Å². The van der Waals surface area contributed by atoms with Gasteiger partial charge in [-0.3, -0.25) is 0 Å². The van der Waals surface area contributed by atoms with Gasteiger partial charge in [-0.15, -0.1) is 0 Å². The molecule has 96 valence electrons. The summed E-state index contributed by atoms with van der Waals surface area (Å²) in [5.74, 6) is -0.866. The summed E-state index contributed by atoms with van der Waals surface area (Å²) in [6.07, 6.45) is 1.39. The average molecular weight is 250 g/mol. The average Bonchev–Trinajstić information content (AvgIpc) is 3.11. The van der Waals surface area contributed by atoms with Crippen molar-refractivity contribution >= 4 is 9.76 Å². The van der Waals surface area contributed by atoms with Crippen LogP contribution in [-0.2, 0) is 23.4 Å². The van der Waals surface area contributed by atoms with Crippen molar-refractivity contribution in [1.82, 2.24) is 0 Å². The van der Waals surface area contributed by atoms with E-state index in [1.807, 2.05) is 0 Å². The summed E-state index contributed by atoms with van der Waals surface area (Å²) < 4.78 is 26.2. The molecule has 6 heteroatoms. The fourth-order valence-electron chi connectivity index (χ4n) is 1.14. The minimum absolute atomic E-state index is 0.360. The van der Waals surface area contributed by atoms with Crippen LogP contribution in [0.3, 0.4) is 0 Å². The molecule has 5 nitrogen and oxygen atoms in total. The van der Waals surface area contributed by atoms with Gasteiger partial charge < -0.3 is 23.4 Å². The third-order valence-electron chi connectivity index (χ3n) is 2.49. The Morgan fingerprint density at radius 3 is 2.62 bits per heavy atom. The molecular formula is C10H22O5Si. The quantitative estimate of drug-likeness (QED) is 0.241. The molecular weight excluding hydrogens is 228 g/mol. The fourth-order valence-corrected chi connectivity index (χ4v) is 2.30. The van der Waals surface area contributed by atoms with E-state index in [1.165, 1.54) is 0 Å². The Balaban J connectivity index is 1.86. The molecule has 1 aliphatic rings. The number of hydrogen-bond donors (Lipinski definition) is 0. The van der Waals surface area contributed by atoms with Crippen molar-refractivity contribution in [2.45, 2.75) is 31.5 Å². The lowest BCUT2D eigenvalue weighted by molar-refractivity contribution is -0.310. The summed E-state index contributed by atoms with van der Waals surface area (Å²) in [7, 11) is 2.55. The highest BCUT2D eigenvalue weighted by Crippen LogP contribution is 2.12. The topological polar surface area (TPSA) is 49.5 Å².